The van der Waals surface area contributed by atoms with Gasteiger partial charge in [-0.15, -0.1) is 0 Å². The van der Waals surface area contributed by atoms with Crippen LogP contribution in [0.3, 0.4) is 0 Å². The van der Waals surface area contributed by atoms with E-state index in [1.807, 2.05) is 42.5 Å². The van der Waals surface area contributed by atoms with E-state index in [-0.39, 0.29) is 11.3 Å². The third kappa shape index (κ3) is 1.24. The number of aromatic hydroxyl groups is 1. The van der Waals surface area contributed by atoms with Crippen molar-refractivity contribution in [3.8, 4) is 5.75 Å². The second kappa shape index (κ2) is 3.77. The third-order valence-electron chi connectivity index (χ3n) is 4.42. The summed E-state index contributed by atoms with van der Waals surface area (Å²) in [4.78, 5) is 13.0. The van der Waals surface area contributed by atoms with E-state index in [1.54, 1.807) is 16.5 Å². The van der Waals surface area contributed by atoms with Crippen molar-refractivity contribution in [2.24, 2.45) is 0 Å². The van der Waals surface area contributed by atoms with E-state index in [4.69, 9.17) is 0 Å². The Morgan fingerprint density at radius 1 is 0.727 bits per heavy atom. The Morgan fingerprint density at radius 3 is 2.32 bits per heavy atom. The van der Waals surface area contributed by atoms with E-state index in [2.05, 4.69) is 6.07 Å². The predicted octanol–water partition coefficient (Wildman–Crippen LogP) is 3.90. The van der Waals surface area contributed by atoms with Crippen LogP contribution in [0.25, 0.3) is 38.0 Å². The lowest BCUT2D eigenvalue weighted by atomic mass is 10.0. The van der Waals surface area contributed by atoms with Gasteiger partial charge in [-0.05, 0) is 29.7 Å². The van der Waals surface area contributed by atoms with Gasteiger partial charge in [0, 0.05) is 16.2 Å². The maximum absolute atomic E-state index is 13.0. The molecule has 0 saturated heterocycles. The van der Waals surface area contributed by atoms with E-state index >= 15 is 0 Å². The number of para-hydroxylation sites is 2. The SMILES string of the molecule is O=c1c2cc(O)ccc2c2cccc3c4ccccc4n1c23. The van der Waals surface area contributed by atoms with Crippen molar-refractivity contribution in [1.82, 2.24) is 4.40 Å². The first kappa shape index (κ1) is 11.6. The van der Waals surface area contributed by atoms with Gasteiger partial charge in [0.15, 0.2) is 0 Å². The molecule has 2 heterocycles. The van der Waals surface area contributed by atoms with Gasteiger partial charge in [0.25, 0.3) is 5.56 Å². The van der Waals surface area contributed by atoms with Gasteiger partial charge in [-0.1, -0.05) is 36.4 Å². The summed E-state index contributed by atoms with van der Waals surface area (Å²) in [5.41, 5.74) is 1.77. The number of pyridine rings is 1. The van der Waals surface area contributed by atoms with Gasteiger partial charge in [-0.3, -0.25) is 9.20 Å². The summed E-state index contributed by atoms with van der Waals surface area (Å²) in [6.45, 7) is 0. The highest BCUT2D eigenvalue weighted by Gasteiger charge is 2.16. The molecule has 0 aliphatic rings. The van der Waals surface area contributed by atoms with Gasteiger partial charge in [0.05, 0.1) is 16.4 Å². The van der Waals surface area contributed by atoms with E-state index in [9.17, 15) is 9.90 Å². The Bertz CT molecular complexity index is 1250. The zero-order valence-corrected chi connectivity index (χ0v) is 11.6. The van der Waals surface area contributed by atoms with Crippen LogP contribution in [0.5, 0.6) is 5.75 Å². The molecule has 0 fully saturated rings. The van der Waals surface area contributed by atoms with Crippen LogP contribution in [0.2, 0.25) is 0 Å². The topological polar surface area (TPSA) is 41.7 Å². The largest absolute Gasteiger partial charge is 0.508 e. The molecule has 0 bridgehead atoms. The first-order valence-corrected chi connectivity index (χ1v) is 7.16. The molecule has 3 heteroatoms. The normalized spacial score (nSPS) is 12.0. The average molecular weight is 285 g/mol. The zero-order valence-electron chi connectivity index (χ0n) is 11.6. The molecule has 104 valence electrons. The van der Waals surface area contributed by atoms with Crippen LogP contribution in [-0.4, -0.2) is 9.51 Å². The van der Waals surface area contributed by atoms with Crippen LogP contribution < -0.4 is 5.56 Å². The molecular weight excluding hydrogens is 274 g/mol. The molecule has 5 rings (SSSR count). The van der Waals surface area contributed by atoms with Crippen molar-refractivity contribution in [2.45, 2.75) is 0 Å². The molecule has 0 atom stereocenters. The number of rotatable bonds is 0. The fourth-order valence-corrected chi connectivity index (χ4v) is 3.51. The molecule has 0 radical (unpaired) electrons. The number of aromatic nitrogens is 1. The van der Waals surface area contributed by atoms with Gasteiger partial charge in [-0.2, -0.15) is 0 Å². The second-order valence-corrected chi connectivity index (χ2v) is 5.59. The van der Waals surface area contributed by atoms with Crippen LogP contribution in [0.15, 0.2) is 65.5 Å². The van der Waals surface area contributed by atoms with Crippen LogP contribution in [0, 0.1) is 0 Å². The minimum atomic E-state index is -0.0872. The highest BCUT2D eigenvalue weighted by molar-refractivity contribution is 6.20. The lowest BCUT2D eigenvalue weighted by molar-refractivity contribution is 0.476. The molecule has 0 aliphatic carbocycles. The lowest BCUT2D eigenvalue weighted by Gasteiger charge is -2.06. The number of nitrogens with zero attached hydrogens (tertiary/aromatic N) is 1. The number of hydrogen-bond acceptors (Lipinski definition) is 2. The lowest BCUT2D eigenvalue weighted by Crippen LogP contribution is -2.12. The summed E-state index contributed by atoms with van der Waals surface area (Å²) in [6, 6.07) is 19.0. The third-order valence-corrected chi connectivity index (χ3v) is 4.42. The van der Waals surface area contributed by atoms with Crippen LogP contribution >= 0.6 is 0 Å². The number of hydrogen-bond donors (Lipinski definition) is 1. The minimum Gasteiger partial charge on any atom is -0.508 e. The molecular formula is C19H11NO2. The Labute approximate surface area is 125 Å². The quantitative estimate of drug-likeness (QED) is 0.438. The van der Waals surface area contributed by atoms with Crippen molar-refractivity contribution < 1.29 is 5.11 Å². The summed E-state index contributed by atoms with van der Waals surface area (Å²) in [5, 5.41) is 14.4. The molecule has 2 aromatic heterocycles. The van der Waals surface area contributed by atoms with Crippen molar-refractivity contribution in [3.05, 3.63) is 71.0 Å². The second-order valence-electron chi connectivity index (χ2n) is 5.59. The molecule has 5 aromatic rings. The van der Waals surface area contributed by atoms with E-state index in [0.29, 0.717) is 5.39 Å². The summed E-state index contributed by atoms with van der Waals surface area (Å²) >= 11 is 0. The molecule has 0 unspecified atom stereocenters. The van der Waals surface area contributed by atoms with Gasteiger partial charge in [-0.25, -0.2) is 0 Å². The van der Waals surface area contributed by atoms with Crippen LogP contribution in [-0.2, 0) is 0 Å². The predicted molar refractivity (Wildman–Crippen MR) is 89.0 cm³/mol. The van der Waals surface area contributed by atoms with Crippen molar-refractivity contribution in [3.63, 3.8) is 0 Å². The minimum absolute atomic E-state index is 0.0872. The standard InChI is InChI=1S/C19H11NO2/c21-11-8-9-12-14-5-3-6-15-13-4-1-2-7-17(13)20(18(14)15)19(22)16(12)10-11/h1-10,21H. The monoisotopic (exact) mass is 285 g/mol. The van der Waals surface area contributed by atoms with Crippen molar-refractivity contribution >= 4 is 38.0 Å². The molecule has 3 aromatic carbocycles. The highest BCUT2D eigenvalue weighted by Crippen LogP contribution is 2.34. The Morgan fingerprint density at radius 2 is 1.45 bits per heavy atom. The van der Waals surface area contributed by atoms with Gasteiger partial charge < -0.3 is 5.11 Å². The number of phenolic OH excluding ortho intramolecular Hbond substituents is 1. The number of fused-ring (bicyclic) bond motifs is 5. The molecule has 0 amide bonds. The molecule has 3 nitrogen and oxygen atoms in total. The van der Waals surface area contributed by atoms with Crippen molar-refractivity contribution in [2.75, 3.05) is 0 Å². The van der Waals surface area contributed by atoms with E-state index < -0.39 is 0 Å². The highest BCUT2D eigenvalue weighted by atomic mass is 16.3. The first-order chi connectivity index (χ1) is 10.8. The first-order valence-electron chi connectivity index (χ1n) is 7.16. The van der Waals surface area contributed by atoms with Crippen molar-refractivity contribution in [1.29, 1.82) is 0 Å². The molecule has 0 saturated carbocycles. The smallest absolute Gasteiger partial charge is 0.263 e. The number of benzene rings is 3. The van der Waals surface area contributed by atoms with E-state index in [1.165, 1.54) is 0 Å². The van der Waals surface area contributed by atoms with Gasteiger partial charge >= 0.3 is 0 Å². The molecule has 22 heavy (non-hydrogen) atoms. The number of phenols is 1. The Balaban J connectivity index is 2.28. The summed E-state index contributed by atoms with van der Waals surface area (Å²) in [7, 11) is 0. The molecule has 0 aliphatic heterocycles. The Hall–Kier alpha value is -3.07. The molecule has 0 spiro atoms. The Kier molecular flexibility index (Phi) is 1.98. The fraction of sp³-hybridized carbons (Fsp3) is 0. The zero-order chi connectivity index (χ0) is 14.8. The summed E-state index contributed by atoms with van der Waals surface area (Å²) < 4.78 is 1.77. The summed E-state index contributed by atoms with van der Waals surface area (Å²) in [5.74, 6) is 0.110. The molecule has 1 N–H and O–H groups in total. The fourth-order valence-electron chi connectivity index (χ4n) is 3.51. The van der Waals surface area contributed by atoms with E-state index in [0.717, 1.165) is 32.6 Å². The maximum atomic E-state index is 13.0. The summed E-state index contributed by atoms with van der Waals surface area (Å²) in [6.07, 6.45) is 0. The van der Waals surface area contributed by atoms with Gasteiger partial charge in [0.2, 0.25) is 0 Å². The van der Waals surface area contributed by atoms with Crippen LogP contribution in [0.4, 0.5) is 0 Å². The van der Waals surface area contributed by atoms with Crippen LogP contribution in [0.1, 0.15) is 0 Å². The van der Waals surface area contributed by atoms with Gasteiger partial charge in [0.1, 0.15) is 5.75 Å². The average Bonchev–Trinajstić information content (AvgIpc) is 2.88. The maximum Gasteiger partial charge on any atom is 0.263 e.